The molecule has 9 nitrogen and oxygen atoms in total. The van der Waals surface area contributed by atoms with Gasteiger partial charge in [-0.05, 0) is 18.4 Å². The summed E-state index contributed by atoms with van der Waals surface area (Å²) in [6.45, 7) is 3.05. The first-order chi connectivity index (χ1) is 13.0. The quantitative estimate of drug-likeness (QED) is 0.435. The maximum atomic E-state index is 12.5. The standard InChI is InChI=1S/C19H27N3O6/c1-19(2,16(24)13(20)8-9-15(21)23)10-14(17(25)26)22-18(27)28-11-12-6-4-3-5-7-12/h3-7,13-14H,8-11,20H2,1-2H3,(H2,21,23)(H,22,27)(H,25,26)/t13-,14-/m0/s1. The van der Waals surface area contributed by atoms with Crippen molar-refractivity contribution in [2.45, 2.75) is 51.8 Å². The Kier molecular flexibility index (Phi) is 8.59. The van der Waals surface area contributed by atoms with Gasteiger partial charge in [-0.3, -0.25) is 9.59 Å². The molecule has 154 valence electrons. The Labute approximate surface area is 163 Å². The lowest BCUT2D eigenvalue weighted by atomic mass is 9.78. The minimum atomic E-state index is -1.34. The van der Waals surface area contributed by atoms with E-state index in [0.717, 1.165) is 5.56 Å². The molecule has 1 rings (SSSR count). The number of nitrogens with one attached hydrogen (secondary N) is 1. The van der Waals surface area contributed by atoms with E-state index in [1.54, 1.807) is 24.3 Å². The van der Waals surface area contributed by atoms with Crippen molar-refractivity contribution in [3.05, 3.63) is 35.9 Å². The lowest BCUT2D eigenvalue weighted by Gasteiger charge is -2.29. The fourth-order valence-corrected chi connectivity index (χ4v) is 2.65. The zero-order chi connectivity index (χ0) is 21.3. The predicted molar refractivity (Wildman–Crippen MR) is 101 cm³/mol. The van der Waals surface area contributed by atoms with Crippen molar-refractivity contribution in [1.82, 2.24) is 5.32 Å². The van der Waals surface area contributed by atoms with Gasteiger partial charge < -0.3 is 26.6 Å². The van der Waals surface area contributed by atoms with Crippen molar-refractivity contribution in [1.29, 1.82) is 0 Å². The van der Waals surface area contributed by atoms with E-state index in [0.29, 0.717) is 0 Å². The van der Waals surface area contributed by atoms with E-state index < -0.39 is 41.3 Å². The van der Waals surface area contributed by atoms with Gasteiger partial charge in [-0.2, -0.15) is 0 Å². The van der Waals surface area contributed by atoms with Crippen LogP contribution in [0.15, 0.2) is 30.3 Å². The number of amides is 2. The number of aliphatic carboxylic acids is 1. The third-order valence-corrected chi connectivity index (χ3v) is 4.22. The Morgan fingerprint density at radius 2 is 1.79 bits per heavy atom. The van der Waals surface area contributed by atoms with E-state index in [9.17, 15) is 24.3 Å². The molecule has 0 fully saturated rings. The molecule has 0 spiro atoms. The van der Waals surface area contributed by atoms with Crippen LogP contribution in [0.3, 0.4) is 0 Å². The highest BCUT2D eigenvalue weighted by Gasteiger charge is 2.37. The molecular weight excluding hydrogens is 366 g/mol. The van der Waals surface area contributed by atoms with Gasteiger partial charge in [0.1, 0.15) is 12.6 Å². The maximum absolute atomic E-state index is 12.5. The average Bonchev–Trinajstić information content (AvgIpc) is 2.63. The molecule has 2 amide bonds. The van der Waals surface area contributed by atoms with E-state index >= 15 is 0 Å². The fraction of sp³-hybridized carbons (Fsp3) is 0.474. The molecule has 6 N–H and O–H groups in total. The van der Waals surface area contributed by atoms with Crippen molar-refractivity contribution in [3.8, 4) is 0 Å². The van der Waals surface area contributed by atoms with E-state index in [-0.39, 0.29) is 25.9 Å². The number of carbonyl (C=O) groups is 4. The summed E-state index contributed by atoms with van der Waals surface area (Å²) in [5.74, 6) is -2.30. The van der Waals surface area contributed by atoms with Crippen LogP contribution in [0.4, 0.5) is 4.79 Å². The number of ether oxygens (including phenoxy) is 1. The Hall–Kier alpha value is -2.94. The molecule has 0 aromatic heterocycles. The highest BCUT2D eigenvalue weighted by atomic mass is 16.5. The largest absolute Gasteiger partial charge is 0.480 e. The van der Waals surface area contributed by atoms with Crippen LogP contribution >= 0.6 is 0 Å². The van der Waals surface area contributed by atoms with Crippen molar-refractivity contribution in [3.63, 3.8) is 0 Å². The van der Waals surface area contributed by atoms with E-state index in [1.807, 2.05) is 6.07 Å². The van der Waals surface area contributed by atoms with Gasteiger partial charge in [0.05, 0.1) is 6.04 Å². The average molecular weight is 393 g/mol. The van der Waals surface area contributed by atoms with Crippen molar-refractivity contribution in [2.75, 3.05) is 0 Å². The van der Waals surface area contributed by atoms with Crippen molar-refractivity contribution < 1.29 is 29.0 Å². The number of primary amides is 1. The number of hydrogen-bond donors (Lipinski definition) is 4. The molecule has 0 bridgehead atoms. The van der Waals surface area contributed by atoms with E-state index in [4.69, 9.17) is 16.2 Å². The zero-order valence-corrected chi connectivity index (χ0v) is 16.0. The number of hydrogen-bond acceptors (Lipinski definition) is 6. The minimum Gasteiger partial charge on any atom is -0.480 e. The lowest BCUT2D eigenvalue weighted by Crippen LogP contribution is -2.48. The van der Waals surface area contributed by atoms with Crippen LogP contribution in [-0.4, -0.2) is 40.9 Å². The second-order valence-corrected chi connectivity index (χ2v) is 7.16. The Balaban J connectivity index is 2.66. The molecule has 1 aromatic carbocycles. The number of rotatable bonds is 11. The van der Waals surface area contributed by atoms with Gasteiger partial charge in [-0.1, -0.05) is 44.2 Å². The molecule has 0 saturated carbocycles. The Morgan fingerprint density at radius 1 is 1.18 bits per heavy atom. The highest BCUT2D eigenvalue weighted by molar-refractivity contribution is 5.90. The van der Waals surface area contributed by atoms with Crippen LogP contribution in [0.1, 0.15) is 38.7 Å². The summed E-state index contributed by atoms with van der Waals surface area (Å²) >= 11 is 0. The SMILES string of the molecule is CC(C)(C[C@H](NC(=O)OCc1ccccc1)C(=O)O)C(=O)[C@@H](N)CCC(N)=O. The fourth-order valence-electron chi connectivity index (χ4n) is 2.65. The number of ketones is 1. The molecule has 28 heavy (non-hydrogen) atoms. The first-order valence-electron chi connectivity index (χ1n) is 8.81. The van der Waals surface area contributed by atoms with Gasteiger partial charge in [-0.25, -0.2) is 9.59 Å². The normalized spacial score (nSPS) is 13.2. The summed E-state index contributed by atoms with van der Waals surface area (Å²) in [4.78, 5) is 46.8. The number of nitrogens with two attached hydrogens (primary N) is 2. The second-order valence-electron chi connectivity index (χ2n) is 7.16. The summed E-state index contributed by atoms with van der Waals surface area (Å²) in [7, 11) is 0. The number of carboxylic acids is 1. The third kappa shape index (κ3) is 7.75. The van der Waals surface area contributed by atoms with Gasteiger partial charge in [0.2, 0.25) is 5.91 Å². The first kappa shape index (κ1) is 23.1. The van der Waals surface area contributed by atoms with Crippen LogP contribution in [-0.2, 0) is 25.7 Å². The summed E-state index contributed by atoms with van der Waals surface area (Å²) in [6, 6.07) is 6.61. The molecule has 0 unspecified atom stereocenters. The predicted octanol–water partition coefficient (Wildman–Crippen LogP) is 0.944. The molecule has 9 heteroatoms. The second kappa shape index (κ2) is 10.4. The van der Waals surface area contributed by atoms with Crippen LogP contribution in [0.2, 0.25) is 0 Å². The molecule has 0 aliphatic heterocycles. The van der Waals surface area contributed by atoms with Gasteiger partial charge >= 0.3 is 12.1 Å². The molecule has 1 aromatic rings. The van der Waals surface area contributed by atoms with Crippen molar-refractivity contribution >= 4 is 23.8 Å². The number of Topliss-reactive ketones (excluding diaryl/α,β-unsaturated/α-hetero) is 1. The van der Waals surface area contributed by atoms with Gasteiger partial charge in [0, 0.05) is 11.8 Å². The van der Waals surface area contributed by atoms with Crippen LogP contribution in [0, 0.1) is 5.41 Å². The van der Waals surface area contributed by atoms with Crippen LogP contribution in [0.25, 0.3) is 0 Å². The maximum Gasteiger partial charge on any atom is 0.408 e. The summed E-state index contributed by atoms with van der Waals surface area (Å²) in [6.07, 6.45) is -1.07. The Bertz CT molecular complexity index is 705. The van der Waals surface area contributed by atoms with Gasteiger partial charge in [0.25, 0.3) is 0 Å². The zero-order valence-electron chi connectivity index (χ0n) is 16.0. The summed E-state index contributed by atoms with van der Waals surface area (Å²) in [5, 5.41) is 11.7. The van der Waals surface area contributed by atoms with Crippen LogP contribution in [0.5, 0.6) is 0 Å². The first-order valence-corrected chi connectivity index (χ1v) is 8.81. The number of alkyl carbamates (subject to hydrolysis) is 1. The monoisotopic (exact) mass is 393 g/mol. The van der Waals surface area contributed by atoms with Gasteiger partial charge in [0.15, 0.2) is 5.78 Å². The highest BCUT2D eigenvalue weighted by Crippen LogP contribution is 2.26. The number of carbonyl (C=O) groups excluding carboxylic acids is 3. The minimum absolute atomic E-state index is 0.0146. The summed E-state index contributed by atoms with van der Waals surface area (Å²) in [5.41, 5.74) is 10.5. The number of benzene rings is 1. The lowest BCUT2D eigenvalue weighted by molar-refractivity contribution is -0.141. The molecule has 0 saturated heterocycles. The molecule has 0 radical (unpaired) electrons. The van der Waals surface area contributed by atoms with E-state index in [2.05, 4.69) is 5.32 Å². The number of carboxylic acid groups (broad SMARTS) is 1. The molecule has 0 heterocycles. The van der Waals surface area contributed by atoms with Gasteiger partial charge in [-0.15, -0.1) is 0 Å². The molecular formula is C19H27N3O6. The van der Waals surface area contributed by atoms with Crippen molar-refractivity contribution in [2.24, 2.45) is 16.9 Å². The molecule has 0 aliphatic rings. The summed E-state index contributed by atoms with van der Waals surface area (Å²) < 4.78 is 5.02. The topological polar surface area (TPSA) is 162 Å². The van der Waals surface area contributed by atoms with Crippen LogP contribution < -0.4 is 16.8 Å². The van der Waals surface area contributed by atoms with E-state index in [1.165, 1.54) is 13.8 Å². The Morgan fingerprint density at radius 3 is 2.32 bits per heavy atom. The molecule has 0 aliphatic carbocycles. The molecule has 2 atom stereocenters. The smallest absolute Gasteiger partial charge is 0.408 e. The third-order valence-electron chi connectivity index (χ3n) is 4.22.